The number of hydrogen-bond donors (Lipinski definition) is 3. The Morgan fingerprint density at radius 2 is 1.62 bits per heavy atom. The number of hydrogen-bond acceptors (Lipinski definition) is 4. The van der Waals surface area contributed by atoms with Crippen LogP contribution in [0.1, 0.15) is 50.2 Å². The standard InChI is InChI=1S/C25H30N2O5/c1-3-17(12-13-23(28)26-14-16(2)24(29)30)27-25(31)32-15-22-20-10-6-4-8-18(20)19-9-5-7-11-21(19)22/h4-11,16-17,22H,3,12-15H2,1-2H3,(H,26,28)(H,27,31)(H,29,30). The lowest BCUT2D eigenvalue weighted by molar-refractivity contribution is -0.141. The van der Waals surface area contributed by atoms with Gasteiger partial charge in [-0.1, -0.05) is 62.4 Å². The minimum Gasteiger partial charge on any atom is -0.481 e. The second-order valence-corrected chi connectivity index (χ2v) is 8.16. The van der Waals surface area contributed by atoms with Crippen LogP contribution in [0.2, 0.25) is 0 Å². The van der Waals surface area contributed by atoms with Crippen molar-refractivity contribution in [3.05, 3.63) is 59.7 Å². The number of amides is 2. The Hall–Kier alpha value is -3.35. The number of ether oxygens (including phenoxy) is 1. The lowest BCUT2D eigenvalue weighted by Crippen LogP contribution is -2.37. The Labute approximate surface area is 188 Å². The quantitative estimate of drug-likeness (QED) is 0.521. The van der Waals surface area contributed by atoms with E-state index < -0.39 is 18.0 Å². The normalized spacial score (nSPS) is 14.1. The van der Waals surface area contributed by atoms with Crippen molar-refractivity contribution in [2.45, 2.75) is 45.1 Å². The fraction of sp³-hybridized carbons (Fsp3) is 0.400. The summed E-state index contributed by atoms with van der Waals surface area (Å²) >= 11 is 0. The first-order valence-corrected chi connectivity index (χ1v) is 11.0. The van der Waals surface area contributed by atoms with Gasteiger partial charge in [0.15, 0.2) is 0 Å². The molecule has 2 aromatic carbocycles. The van der Waals surface area contributed by atoms with E-state index in [9.17, 15) is 14.4 Å². The molecule has 3 N–H and O–H groups in total. The summed E-state index contributed by atoms with van der Waals surface area (Å²) in [7, 11) is 0. The van der Waals surface area contributed by atoms with Gasteiger partial charge in [0.25, 0.3) is 0 Å². The van der Waals surface area contributed by atoms with Gasteiger partial charge in [-0.15, -0.1) is 0 Å². The van der Waals surface area contributed by atoms with Gasteiger partial charge < -0.3 is 20.5 Å². The van der Waals surface area contributed by atoms with Crippen LogP contribution in [-0.2, 0) is 14.3 Å². The van der Waals surface area contributed by atoms with Gasteiger partial charge in [0, 0.05) is 24.9 Å². The molecule has 1 aliphatic carbocycles. The molecule has 0 fully saturated rings. The van der Waals surface area contributed by atoms with Gasteiger partial charge in [-0.05, 0) is 35.1 Å². The summed E-state index contributed by atoms with van der Waals surface area (Å²) in [5.74, 6) is -1.82. The molecule has 0 aliphatic heterocycles. The van der Waals surface area contributed by atoms with E-state index in [4.69, 9.17) is 9.84 Å². The highest BCUT2D eigenvalue weighted by Gasteiger charge is 2.29. The third-order valence-electron chi connectivity index (χ3n) is 5.91. The number of carboxylic acid groups (broad SMARTS) is 1. The summed E-state index contributed by atoms with van der Waals surface area (Å²) in [5, 5.41) is 14.3. The SMILES string of the molecule is CCC(CCC(=O)NCC(C)C(=O)O)NC(=O)OCC1c2ccccc2-c2ccccc21. The number of alkyl carbamates (subject to hydrolysis) is 1. The predicted molar refractivity (Wildman–Crippen MR) is 121 cm³/mol. The second-order valence-electron chi connectivity index (χ2n) is 8.16. The molecule has 0 saturated carbocycles. The van der Waals surface area contributed by atoms with E-state index in [1.165, 1.54) is 18.1 Å². The topological polar surface area (TPSA) is 105 Å². The van der Waals surface area contributed by atoms with Gasteiger partial charge in [-0.3, -0.25) is 9.59 Å². The molecule has 2 amide bonds. The maximum absolute atomic E-state index is 12.4. The van der Waals surface area contributed by atoms with E-state index in [0.29, 0.717) is 12.8 Å². The molecule has 0 heterocycles. The maximum atomic E-state index is 12.4. The average Bonchev–Trinajstić information content (AvgIpc) is 3.12. The molecule has 0 saturated heterocycles. The molecule has 0 bridgehead atoms. The molecule has 3 rings (SSSR count). The van der Waals surface area contributed by atoms with Crippen molar-refractivity contribution in [1.29, 1.82) is 0 Å². The second kappa shape index (κ2) is 10.8. The lowest BCUT2D eigenvalue weighted by Gasteiger charge is -2.19. The van der Waals surface area contributed by atoms with Crippen LogP contribution in [0, 0.1) is 5.92 Å². The van der Waals surface area contributed by atoms with Crippen LogP contribution in [0.25, 0.3) is 11.1 Å². The van der Waals surface area contributed by atoms with Crippen LogP contribution in [0.3, 0.4) is 0 Å². The molecule has 0 radical (unpaired) electrons. The van der Waals surface area contributed by atoms with Crippen LogP contribution in [-0.4, -0.2) is 42.3 Å². The number of carbonyl (C=O) groups is 3. The van der Waals surface area contributed by atoms with Crippen molar-refractivity contribution in [3.8, 4) is 11.1 Å². The van der Waals surface area contributed by atoms with Crippen molar-refractivity contribution in [3.63, 3.8) is 0 Å². The molecule has 0 spiro atoms. The molecule has 32 heavy (non-hydrogen) atoms. The third kappa shape index (κ3) is 5.66. The van der Waals surface area contributed by atoms with Gasteiger partial charge in [-0.2, -0.15) is 0 Å². The number of fused-ring (bicyclic) bond motifs is 3. The Bertz CT molecular complexity index is 929. The van der Waals surface area contributed by atoms with Gasteiger partial charge >= 0.3 is 12.1 Å². The van der Waals surface area contributed by atoms with Crippen molar-refractivity contribution in [2.75, 3.05) is 13.2 Å². The van der Waals surface area contributed by atoms with Crippen molar-refractivity contribution in [2.24, 2.45) is 5.92 Å². The fourth-order valence-corrected chi connectivity index (χ4v) is 3.93. The summed E-state index contributed by atoms with van der Waals surface area (Å²) in [5.41, 5.74) is 4.65. The zero-order chi connectivity index (χ0) is 23.1. The first-order valence-electron chi connectivity index (χ1n) is 11.0. The summed E-state index contributed by atoms with van der Waals surface area (Å²) in [4.78, 5) is 35.2. The average molecular weight is 439 g/mol. The monoisotopic (exact) mass is 438 g/mol. The zero-order valence-corrected chi connectivity index (χ0v) is 18.5. The maximum Gasteiger partial charge on any atom is 0.407 e. The van der Waals surface area contributed by atoms with Gasteiger partial charge in [0.2, 0.25) is 5.91 Å². The molecule has 2 unspecified atom stereocenters. The largest absolute Gasteiger partial charge is 0.481 e. The number of rotatable bonds is 10. The smallest absolute Gasteiger partial charge is 0.407 e. The first kappa shape index (κ1) is 23.3. The minimum atomic E-state index is -0.950. The van der Waals surface area contributed by atoms with E-state index in [0.717, 1.165) is 11.1 Å². The van der Waals surface area contributed by atoms with Crippen molar-refractivity contribution >= 4 is 18.0 Å². The summed E-state index contributed by atoms with van der Waals surface area (Å²) < 4.78 is 5.57. The zero-order valence-electron chi connectivity index (χ0n) is 18.5. The number of carbonyl (C=O) groups excluding carboxylic acids is 2. The van der Waals surface area contributed by atoms with E-state index in [-0.39, 0.29) is 37.4 Å². The fourth-order valence-electron chi connectivity index (χ4n) is 3.93. The van der Waals surface area contributed by atoms with Gasteiger partial charge in [-0.25, -0.2) is 4.79 Å². The molecule has 2 atom stereocenters. The number of aliphatic carboxylic acids is 1. The highest BCUT2D eigenvalue weighted by molar-refractivity contribution is 5.79. The van der Waals surface area contributed by atoms with Crippen molar-refractivity contribution in [1.82, 2.24) is 10.6 Å². The van der Waals surface area contributed by atoms with Crippen LogP contribution in [0.15, 0.2) is 48.5 Å². The van der Waals surface area contributed by atoms with Crippen molar-refractivity contribution < 1.29 is 24.2 Å². The molecule has 7 heteroatoms. The predicted octanol–water partition coefficient (Wildman–Crippen LogP) is 3.92. The summed E-state index contributed by atoms with van der Waals surface area (Å²) in [6.45, 7) is 3.80. The highest BCUT2D eigenvalue weighted by Crippen LogP contribution is 2.44. The highest BCUT2D eigenvalue weighted by atomic mass is 16.5. The molecule has 0 aromatic heterocycles. The van der Waals surface area contributed by atoms with Crippen LogP contribution < -0.4 is 10.6 Å². The summed E-state index contributed by atoms with van der Waals surface area (Å²) in [6, 6.07) is 16.1. The Kier molecular flexibility index (Phi) is 7.87. The lowest BCUT2D eigenvalue weighted by atomic mass is 9.98. The van der Waals surface area contributed by atoms with E-state index >= 15 is 0 Å². The number of nitrogens with one attached hydrogen (secondary N) is 2. The number of benzene rings is 2. The van der Waals surface area contributed by atoms with Crippen LogP contribution in [0.4, 0.5) is 4.79 Å². The molecular weight excluding hydrogens is 408 g/mol. The number of carboxylic acids is 1. The molecule has 2 aromatic rings. The Balaban J connectivity index is 1.49. The molecule has 1 aliphatic rings. The third-order valence-corrected chi connectivity index (χ3v) is 5.91. The van der Waals surface area contributed by atoms with E-state index in [1.807, 2.05) is 31.2 Å². The van der Waals surface area contributed by atoms with E-state index in [1.54, 1.807) is 0 Å². The van der Waals surface area contributed by atoms with Gasteiger partial charge in [0.05, 0.1) is 5.92 Å². The molecule has 7 nitrogen and oxygen atoms in total. The molecule has 170 valence electrons. The van der Waals surface area contributed by atoms with E-state index in [2.05, 4.69) is 34.9 Å². The first-order chi connectivity index (χ1) is 15.4. The Morgan fingerprint density at radius 1 is 1.03 bits per heavy atom. The van der Waals surface area contributed by atoms with Gasteiger partial charge in [0.1, 0.15) is 6.61 Å². The summed E-state index contributed by atoms with van der Waals surface area (Å²) in [6.07, 6.45) is 0.810. The molecular formula is C25H30N2O5. The van der Waals surface area contributed by atoms with Crippen LogP contribution >= 0.6 is 0 Å². The van der Waals surface area contributed by atoms with Crippen LogP contribution in [0.5, 0.6) is 0 Å². The minimum absolute atomic E-state index is 0.00442. The Morgan fingerprint density at radius 3 is 2.19 bits per heavy atom.